The molecule has 2 aliphatic rings. The van der Waals surface area contributed by atoms with Gasteiger partial charge in [-0.1, -0.05) is 152 Å². The number of benzene rings is 7. The normalized spacial score (nSPS) is 17.2. The molecule has 7 aromatic carbocycles. The van der Waals surface area contributed by atoms with Crippen molar-refractivity contribution in [3.63, 3.8) is 0 Å². The molecule has 0 fully saturated rings. The van der Waals surface area contributed by atoms with Crippen LogP contribution in [-0.4, -0.2) is 5.84 Å². The highest BCUT2D eigenvalue weighted by Gasteiger charge is 2.28. The number of furan rings is 1. The summed E-state index contributed by atoms with van der Waals surface area (Å²) >= 11 is 0. The molecule has 1 aliphatic heterocycles. The number of aliphatic imine (C=N–C) groups is 1. The van der Waals surface area contributed by atoms with Crippen molar-refractivity contribution in [3.8, 4) is 11.1 Å². The zero-order valence-corrected chi connectivity index (χ0v) is 28.0. The fraction of sp³-hybridized carbons (Fsp3) is 0.0851. The van der Waals surface area contributed by atoms with E-state index in [2.05, 4.69) is 162 Å². The van der Waals surface area contributed by atoms with E-state index in [9.17, 15) is 0 Å². The second-order valence-electron chi connectivity index (χ2n) is 13.5. The van der Waals surface area contributed by atoms with Crippen LogP contribution in [0.3, 0.4) is 0 Å². The first-order chi connectivity index (χ1) is 25.3. The molecular formula is C47H35N3O. The molecule has 0 spiro atoms. The Kier molecular flexibility index (Phi) is 7.14. The molecule has 1 aliphatic carbocycles. The molecular weight excluding hydrogens is 623 g/mol. The van der Waals surface area contributed by atoms with Crippen molar-refractivity contribution in [2.24, 2.45) is 4.99 Å². The summed E-state index contributed by atoms with van der Waals surface area (Å²) in [7, 11) is 0. The Balaban J connectivity index is 1.12. The number of hydrogen-bond acceptors (Lipinski definition) is 4. The van der Waals surface area contributed by atoms with E-state index in [1.807, 2.05) is 12.1 Å². The van der Waals surface area contributed by atoms with Crippen LogP contribution in [0.1, 0.15) is 52.1 Å². The molecule has 0 saturated carbocycles. The van der Waals surface area contributed by atoms with Gasteiger partial charge in [-0.15, -0.1) is 0 Å². The number of rotatable bonds is 5. The molecule has 2 N–H and O–H groups in total. The Labute approximate surface area is 296 Å². The van der Waals surface area contributed by atoms with Gasteiger partial charge in [0.1, 0.15) is 29.3 Å². The molecule has 1 aromatic heterocycles. The number of hydrogen-bond donors (Lipinski definition) is 2. The summed E-state index contributed by atoms with van der Waals surface area (Å²) in [4.78, 5) is 5.16. The van der Waals surface area contributed by atoms with E-state index in [1.165, 1.54) is 33.4 Å². The highest BCUT2D eigenvalue weighted by atomic mass is 16.3. The van der Waals surface area contributed by atoms with E-state index in [0.29, 0.717) is 0 Å². The van der Waals surface area contributed by atoms with Gasteiger partial charge in [0, 0.05) is 21.7 Å². The SMILES string of the molecule is C1=C(c2ccccc2)CCc2cc(-c3cccc4oc5c6ccccc6c(C6NC(c7ccccc7)=NC(c7ccccc7)N6)cc5c34)ccc21. The van der Waals surface area contributed by atoms with Crippen molar-refractivity contribution >= 4 is 50.2 Å². The minimum Gasteiger partial charge on any atom is -0.455 e. The highest BCUT2D eigenvalue weighted by Crippen LogP contribution is 2.43. The van der Waals surface area contributed by atoms with Crippen LogP contribution in [0.4, 0.5) is 0 Å². The van der Waals surface area contributed by atoms with Gasteiger partial charge in [-0.25, -0.2) is 4.99 Å². The molecule has 4 nitrogen and oxygen atoms in total. The van der Waals surface area contributed by atoms with Crippen LogP contribution in [0, 0.1) is 0 Å². The second kappa shape index (κ2) is 12.3. The average Bonchev–Trinajstić information content (AvgIpc) is 3.60. The minimum absolute atomic E-state index is 0.205. The van der Waals surface area contributed by atoms with E-state index >= 15 is 0 Å². The van der Waals surface area contributed by atoms with Crippen molar-refractivity contribution < 1.29 is 4.42 Å². The zero-order chi connectivity index (χ0) is 33.7. The summed E-state index contributed by atoms with van der Waals surface area (Å²) in [6, 6.07) is 56.0. The Morgan fingerprint density at radius 2 is 1.31 bits per heavy atom. The Morgan fingerprint density at radius 1 is 0.588 bits per heavy atom. The highest BCUT2D eigenvalue weighted by molar-refractivity contribution is 6.20. The van der Waals surface area contributed by atoms with Gasteiger partial charge in [0.2, 0.25) is 0 Å². The van der Waals surface area contributed by atoms with Crippen LogP contribution in [0.25, 0.3) is 55.5 Å². The second-order valence-corrected chi connectivity index (χ2v) is 13.5. The maximum absolute atomic E-state index is 6.75. The first kappa shape index (κ1) is 29.7. The van der Waals surface area contributed by atoms with E-state index in [0.717, 1.165) is 68.1 Å². The van der Waals surface area contributed by atoms with Gasteiger partial charge in [0.15, 0.2) is 0 Å². The van der Waals surface area contributed by atoms with E-state index in [4.69, 9.17) is 9.41 Å². The van der Waals surface area contributed by atoms with Gasteiger partial charge in [0.05, 0.1) is 0 Å². The first-order valence-electron chi connectivity index (χ1n) is 17.7. The number of allylic oxidation sites excluding steroid dienone is 1. The first-order valence-corrected chi connectivity index (χ1v) is 17.7. The third kappa shape index (κ3) is 5.24. The van der Waals surface area contributed by atoms with Crippen LogP contribution >= 0.6 is 0 Å². The van der Waals surface area contributed by atoms with E-state index in [1.54, 1.807) is 0 Å². The number of fused-ring (bicyclic) bond motifs is 6. The molecule has 2 atom stereocenters. The van der Waals surface area contributed by atoms with Crippen molar-refractivity contribution in [3.05, 3.63) is 191 Å². The van der Waals surface area contributed by atoms with E-state index < -0.39 is 0 Å². The molecule has 2 unspecified atom stereocenters. The summed E-state index contributed by atoms with van der Waals surface area (Å²) in [6.45, 7) is 0. The van der Waals surface area contributed by atoms with Crippen LogP contribution in [0.15, 0.2) is 167 Å². The lowest BCUT2D eigenvalue weighted by molar-refractivity contribution is 0.411. The van der Waals surface area contributed by atoms with Crippen LogP contribution < -0.4 is 10.6 Å². The predicted octanol–water partition coefficient (Wildman–Crippen LogP) is 11.2. The largest absolute Gasteiger partial charge is 0.455 e. The molecule has 2 heterocycles. The summed E-state index contributed by atoms with van der Waals surface area (Å²) in [5.74, 6) is 0.869. The van der Waals surface area contributed by atoms with Gasteiger partial charge in [-0.3, -0.25) is 5.32 Å². The van der Waals surface area contributed by atoms with Gasteiger partial charge >= 0.3 is 0 Å². The van der Waals surface area contributed by atoms with Crippen LogP contribution in [0.5, 0.6) is 0 Å². The molecule has 0 saturated heterocycles. The lowest BCUT2D eigenvalue weighted by Gasteiger charge is -2.33. The molecule has 10 rings (SSSR count). The van der Waals surface area contributed by atoms with Crippen molar-refractivity contribution in [2.45, 2.75) is 25.2 Å². The van der Waals surface area contributed by atoms with Gasteiger partial charge < -0.3 is 9.73 Å². The standard InChI is InChI=1S/C47H35N3O/c1-4-13-30(14-5-1)33-23-24-35-28-36(26-25-34(35)27-33)37-21-12-22-42-43(37)41-29-40(38-19-10-11-20-39(38)44(41)51-42)47-49-45(31-15-6-2-7-16-31)48-46(50-47)32-17-8-3-9-18-32/h1-22,25-29,45,47,49H,23-24H2,(H,48,50). The van der Waals surface area contributed by atoms with Crippen molar-refractivity contribution in [1.82, 2.24) is 10.6 Å². The fourth-order valence-corrected chi connectivity index (χ4v) is 7.96. The molecule has 8 aromatic rings. The number of amidine groups is 1. The fourth-order valence-electron chi connectivity index (χ4n) is 7.96. The van der Waals surface area contributed by atoms with Crippen molar-refractivity contribution in [1.29, 1.82) is 0 Å². The Hall–Kier alpha value is -6.23. The maximum Gasteiger partial charge on any atom is 0.143 e. The Bertz CT molecular complexity index is 2640. The molecule has 244 valence electrons. The van der Waals surface area contributed by atoms with E-state index in [-0.39, 0.29) is 12.3 Å². The quantitative estimate of drug-likeness (QED) is 0.194. The molecule has 51 heavy (non-hydrogen) atoms. The smallest absolute Gasteiger partial charge is 0.143 e. The zero-order valence-electron chi connectivity index (χ0n) is 28.0. The topological polar surface area (TPSA) is 49.6 Å². The van der Waals surface area contributed by atoms with Crippen LogP contribution in [0.2, 0.25) is 0 Å². The molecule has 0 amide bonds. The van der Waals surface area contributed by atoms with Crippen molar-refractivity contribution in [2.75, 3.05) is 0 Å². The third-order valence-corrected chi connectivity index (χ3v) is 10.5. The summed E-state index contributed by atoms with van der Waals surface area (Å²) < 4.78 is 6.75. The van der Waals surface area contributed by atoms with Gasteiger partial charge in [-0.2, -0.15) is 0 Å². The lowest BCUT2D eigenvalue weighted by Crippen LogP contribution is -2.45. The molecule has 4 heteroatoms. The number of aryl methyl sites for hydroxylation is 1. The molecule has 0 bridgehead atoms. The Morgan fingerprint density at radius 3 is 2.12 bits per heavy atom. The summed E-state index contributed by atoms with van der Waals surface area (Å²) in [5, 5.41) is 12.1. The number of nitrogens with one attached hydrogen (secondary N) is 2. The number of nitrogens with zero attached hydrogens (tertiary/aromatic N) is 1. The molecule has 0 radical (unpaired) electrons. The summed E-state index contributed by atoms with van der Waals surface area (Å²) in [6.07, 6.45) is 4.00. The maximum atomic E-state index is 6.75. The third-order valence-electron chi connectivity index (χ3n) is 10.5. The predicted molar refractivity (Wildman–Crippen MR) is 210 cm³/mol. The van der Waals surface area contributed by atoms with Crippen LogP contribution in [-0.2, 0) is 6.42 Å². The van der Waals surface area contributed by atoms with Gasteiger partial charge in [-0.05, 0) is 74.9 Å². The summed E-state index contributed by atoms with van der Waals surface area (Å²) in [5.41, 5.74) is 13.0. The lowest BCUT2D eigenvalue weighted by atomic mass is 9.86. The minimum atomic E-state index is -0.217. The monoisotopic (exact) mass is 657 g/mol. The van der Waals surface area contributed by atoms with Gasteiger partial charge in [0.25, 0.3) is 0 Å². The average molecular weight is 658 g/mol.